The molecule has 4 heteroatoms. The molecule has 3 nitrogen and oxygen atoms in total. The van der Waals surface area contributed by atoms with Gasteiger partial charge < -0.3 is 14.6 Å². The summed E-state index contributed by atoms with van der Waals surface area (Å²) in [5.74, 6) is 0. The van der Waals surface area contributed by atoms with Crippen LogP contribution in [0.15, 0.2) is 0 Å². The van der Waals surface area contributed by atoms with Crippen molar-refractivity contribution in [2.45, 2.75) is 76.5 Å². The molecule has 0 aliphatic carbocycles. The zero-order valence-corrected chi connectivity index (χ0v) is 12.0. The summed E-state index contributed by atoms with van der Waals surface area (Å²) in [6, 6.07) is 1.13. The van der Waals surface area contributed by atoms with E-state index >= 15 is 0 Å². The van der Waals surface area contributed by atoms with Gasteiger partial charge in [0.25, 0.3) is 0 Å². The first-order valence-electron chi connectivity index (χ1n) is 6.44. The minimum absolute atomic E-state index is 0.547. The second-order valence-corrected chi connectivity index (χ2v) is 9.74. The van der Waals surface area contributed by atoms with E-state index in [-0.39, 0.29) is 0 Å². The second-order valence-electron chi connectivity index (χ2n) is 5.52. The van der Waals surface area contributed by atoms with E-state index in [1.807, 2.05) is 13.8 Å². The Balaban J connectivity index is 2.94. The maximum absolute atomic E-state index is 10.2. The lowest BCUT2D eigenvalue weighted by molar-refractivity contribution is -0.146. The molecule has 1 heterocycles. The van der Waals surface area contributed by atoms with Crippen molar-refractivity contribution in [1.82, 2.24) is 0 Å². The summed E-state index contributed by atoms with van der Waals surface area (Å²) in [6.07, 6.45) is 2.04. The van der Waals surface area contributed by atoms with Crippen LogP contribution in [-0.2, 0) is 4.43 Å². The maximum Gasteiger partial charge on any atom is 0.187 e. The first-order chi connectivity index (χ1) is 7.38. The number of hydrogen-bond donors (Lipinski definition) is 2. The molecule has 1 fully saturated rings. The van der Waals surface area contributed by atoms with Crippen LogP contribution in [0.2, 0.25) is 19.1 Å². The van der Waals surface area contributed by atoms with Gasteiger partial charge in [0.05, 0.1) is 12.2 Å². The van der Waals surface area contributed by atoms with Crippen LogP contribution in [0.4, 0.5) is 0 Å². The summed E-state index contributed by atoms with van der Waals surface area (Å²) in [7, 11) is -1.70. The summed E-state index contributed by atoms with van der Waals surface area (Å²) >= 11 is 0. The highest BCUT2D eigenvalue weighted by Crippen LogP contribution is 2.40. The van der Waals surface area contributed by atoms with Gasteiger partial charge in [-0.2, -0.15) is 0 Å². The molecule has 0 aromatic rings. The van der Waals surface area contributed by atoms with E-state index in [9.17, 15) is 10.2 Å². The standard InChI is InChI=1S/C12H26O3Si/c1-5-10(13)12(11(14)6-2)8-7-9-16(3,4)15-12/h10-11,13-14H,5-9H2,1-4H3. The van der Waals surface area contributed by atoms with E-state index in [1.165, 1.54) is 0 Å². The molecule has 0 saturated carbocycles. The molecular formula is C12H26O3Si. The summed E-state index contributed by atoms with van der Waals surface area (Å²) in [5.41, 5.74) is -0.697. The number of aliphatic hydroxyl groups excluding tert-OH is 2. The molecule has 0 spiro atoms. The summed E-state index contributed by atoms with van der Waals surface area (Å²) in [6.45, 7) is 8.24. The molecule has 0 radical (unpaired) electrons. The van der Waals surface area contributed by atoms with Crippen molar-refractivity contribution in [3.05, 3.63) is 0 Å². The van der Waals surface area contributed by atoms with Crippen LogP contribution in [-0.4, -0.2) is 36.3 Å². The van der Waals surface area contributed by atoms with E-state index in [1.54, 1.807) is 0 Å². The highest BCUT2D eigenvalue weighted by molar-refractivity contribution is 6.71. The lowest BCUT2D eigenvalue weighted by Gasteiger charge is -2.49. The van der Waals surface area contributed by atoms with E-state index in [0.29, 0.717) is 12.8 Å². The zero-order chi connectivity index (χ0) is 12.4. The fourth-order valence-electron chi connectivity index (χ4n) is 2.79. The predicted molar refractivity (Wildman–Crippen MR) is 67.9 cm³/mol. The molecule has 1 aliphatic heterocycles. The van der Waals surface area contributed by atoms with Gasteiger partial charge in [-0.1, -0.05) is 20.3 Å². The van der Waals surface area contributed by atoms with E-state index in [4.69, 9.17) is 4.43 Å². The van der Waals surface area contributed by atoms with Crippen molar-refractivity contribution in [3.8, 4) is 0 Å². The molecule has 2 atom stereocenters. The molecule has 0 amide bonds. The van der Waals surface area contributed by atoms with Gasteiger partial charge in [-0.3, -0.25) is 0 Å². The quantitative estimate of drug-likeness (QED) is 0.748. The SMILES string of the molecule is CCC(O)C1(C(O)CC)CCC[Si](C)(C)O1. The zero-order valence-electron chi connectivity index (χ0n) is 11.0. The van der Waals surface area contributed by atoms with Crippen molar-refractivity contribution in [1.29, 1.82) is 0 Å². The third-order valence-corrected chi connectivity index (χ3v) is 6.20. The highest BCUT2D eigenvalue weighted by Gasteiger charge is 2.50. The second kappa shape index (κ2) is 5.17. The van der Waals surface area contributed by atoms with Gasteiger partial charge in [-0.15, -0.1) is 0 Å². The molecule has 1 saturated heterocycles. The van der Waals surface area contributed by atoms with Crippen LogP contribution in [0.25, 0.3) is 0 Å². The molecular weight excluding hydrogens is 220 g/mol. The Morgan fingerprint density at radius 2 is 1.69 bits per heavy atom. The highest BCUT2D eigenvalue weighted by atomic mass is 28.4. The first kappa shape index (κ1) is 14.2. The molecule has 1 aliphatic rings. The molecule has 1 rings (SSSR count). The average Bonchev–Trinajstić information content (AvgIpc) is 2.25. The molecule has 2 unspecified atom stereocenters. The predicted octanol–water partition coefficient (Wildman–Crippen LogP) is 2.28. The minimum atomic E-state index is -1.70. The van der Waals surface area contributed by atoms with Crippen LogP contribution < -0.4 is 0 Å². The van der Waals surface area contributed by atoms with Crippen LogP contribution in [0.3, 0.4) is 0 Å². The third-order valence-electron chi connectivity index (χ3n) is 3.71. The fraction of sp³-hybridized carbons (Fsp3) is 1.00. The Labute approximate surface area is 100.0 Å². The van der Waals surface area contributed by atoms with Gasteiger partial charge >= 0.3 is 0 Å². The van der Waals surface area contributed by atoms with Gasteiger partial charge in [0.2, 0.25) is 0 Å². The first-order valence-corrected chi connectivity index (χ1v) is 9.56. The largest absolute Gasteiger partial charge is 0.407 e. The minimum Gasteiger partial charge on any atom is -0.407 e. The lowest BCUT2D eigenvalue weighted by Crippen LogP contribution is -2.61. The lowest BCUT2D eigenvalue weighted by atomic mass is 9.83. The van der Waals surface area contributed by atoms with Gasteiger partial charge in [-0.05, 0) is 38.4 Å². The van der Waals surface area contributed by atoms with Gasteiger partial charge in [0.1, 0.15) is 5.60 Å². The van der Waals surface area contributed by atoms with Gasteiger partial charge in [0.15, 0.2) is 8.32 Å². The summed E-state index contributed by atoms with van der Waals surface area (Å²) in [4.78, 5) is 0. The van der Waals surface area contributed by atoms with Gasteiger partial charge in [0, 0.05) is 0 Å². The Bertz CT molecular complexity index is 220. The van der Waals surface area contributed by atoms with Crippen LogP contribution >= 0.6 is 0 Å². The van der Waals surface area contributed by atoms with Crippen molar-refractivity contribution in [3.63, 3.8) is 0 Å². The Hall–Kier alpha value is 0.0969. The van der Waals surface area contributed by atoms with Crippen LogP contribution in [0.5, 0.6) is 0 Å². The van der Waals surface area contributed by atoms with Crippen LogP contribution in [0, 0.1) is 0 Å². The maximum atomic E-state index is 10.2. The van der Waals surface area contributed by atoms with Gasteiger partial charge in [-0.25, -0.2) is 0 Å². The number of rotatable bonds is 4. The fourth-order valence-corrected chi connectivity index (χ4v) is 5.32. The van der Waals surface area contributed by atoms with E-state index in [0.717, 1.165) is 18.9 Å². The van der Waals surface area contributed by atoms with Crippen molar-refractivity contribution < 1.29 is 14.6 Å². The molecule has 16 heavy (non-hydrogen) atoms. The van der Waals surface area contributed by atoms with Crippen LogP contribution in [0.1, 0.15) is 39.5 Å². The number of hydrogen-bond acceptors (Lipinski definition) is 3. The summed E-state index contributed by atoms with van der Waals surface area (Å²) in [5, 5.41) is 20.4. The topological polar surface area (TPSA) is 49.7 Å². The molecule has 0 bridgehead atoms. The van der Waals surface area contributed by atoms with Crippen molar-refractivity contribution in [2.75, 3.05) is 0 Å². The Morgan fingerprint density at radius 3 is 2.06 bits per heavy atom. The van der Waals surface area contributed by atoms with E-state index in [2.05, 4.69) is 13.1 Å². The molecule has 2 N–H and O–H groups in total. The smallest absolute Gasteiger partial charge is 0.187 e. The van der Waals surface area contributed by atoms with Crippen molar-refractivity contribution >= 4 is 8.32 Å². The average molecular weight is 246 g/mol. The molecule has 0 aromatic carbocycles. The van der Waals surface area contributed by atoms with E-state index < -0.39 is 26.1 Å². The Kier molecular flexibility index (Phi) is 4.57. The number of aliphatic hydroxyl groups is 2. The Morgan fingerprint density at radius 1 is 1.19 bits per heavy atom. The molecule has 0 aromatic heterocycles. The molecule has 96 valence electrons. The third kappa shape index (κ3) is 2.67. The monoisotopic (exact) mass is 246 g/mol. The summed E-state index contributed by atoms with van der Waals surface area (Å²) < 4.78 is 6.21. The van der Waals surface area contributed by atoms with Crippen molar-refractivity contribution in [2.24, 2.45) is 0 Å². The normalized spacial score (nSPS) is 33.4.